The van der Waals surface area contributed by atoms with Crippen molar-refractivity contribution in [3.63, 3.8) is 0 Å². The van der Waals surface area contributed by atoms with Gasteiger partial charge >= 0.3 is 0 Å². The van der Waals surface area contributed by atoms with Gasteiger partial charge < -0.3 is 14.7 Å². The average Bonchev–Trinajstić information content (AvgIpc) is 2.80. The predicted molar refractivity (Wildman–Crippen MR) is 146 cm³/mol. The van der Waals surface area contributed by atoms with Gasteiger partial charge in [0, 0.05) is 51.4 Å². The van der Waals surface area contributed by atoms with Gasteiger partial charge in [-0.05, 0) is 56.5 Å². The van der Waals surface area contributed by atoms with Crippen molar-refractivity contribution in [1.82, 2.24) is 9.80 Å². The first-order chi connectivity index (χ1) is 15.0. The molecule has 0 aliphatic carbocycles. The van der Waals surface area contributed by atoms with E-state index in [0.717, 1.165) is 72.2 Å². The third-order valence-corrected chi connectivity index (χ3v) is 9.40. The molecule has 0 aromatic heterocycles. The van der Waals surface area contributed by atoms with Gasteiger partial charge in [-0.1, -0.05) is 74.4 Å². The average molecular weight is 535 g/mol. The van der Waals surface area contributed by atoms with Crippen LogP contribution < -0.4 is 4.90 Å². The molecule has 2 aromatic rings. The summed E-state index contributed by atoms with van der Waals surface area (Å²) in [6.45, 7) is 17.5. The van der Waals surface area contributed by atoms with Crippen LogP contribution in [0.3, 0.4) is 0 Å². The fraction of sp³-hybridized carbons (Fsp3) is 0.500. The molecule has 0 saturated heterocycles. The van der Waals surface area contributed by atoms with E-state index in [9.17, 15) is 0 Å². The third kappa shape index (κ3) is 6.88. The molecule has 0 atom stereocenters. The second-order valence-electron chi connectivity index (χ2n) is 7.56. The molecule has 1 aliphatic rings. The second kappa shape index (κ2) is 13.6. The molecule has 8 heteroatoms. The summed E-state index contributed by atoms with van der Waals surface area (Å²) >= 11 is 16.4. The Balaban J connectivity index is 0.00000363. The Hall–Kier alpha value is -0.270. The highest BCUT2D eigenvalue weighted by Crippen LogP contribution is 2.53. The smallest absolute Gasteiger partial charge is 0.0558 e. The molecule has 1 aliphatic heterocycles. The summed E-state index contributed by atoms with van der Waals surface area (Å²) in [6, 6.07) is 10.6. The Morgan fingerprint density at radius 2 is 1.12 bits per heavy atom. The van der Waals surface area contributed by atoms with E-state index >= 15 is 0 Å². The van der Waals surface area contributed by atoms with Crippen molar-refractivity contribution in [2.24, 2.45) is 0 Å². The summed E-state index contributed by atoms with van der Waals surface area (Å²) < 4.78 is 0. The zero-order chi connectivity index (χ0) is 22.4. The molecule has 0 radical (unpaired) electrons. The van der Waals surface area contributed by atoms with E-state index < -0.39 is 0 Å². The van der Waals surface area contributed by atoms with Crippen LogP contribution in [-0.2, 0) is 0 Å². The van der Waals surface area contributed by atoms with Gasteiger partial charge in [0.15, 0.2) is 0 Å². The summed E-state index contributed by atoms with van der Waals surface area (Å²) in [5, 5.41) is 1.54. The summed E-state index contributed by atoms with van der Waals surface area (Å²) in [4.78, 5) is 12.2. The van der Waals surface area contributed by atoms with E-state index in [1.54, 1.807) is 23.5 Å². The van der Waals surface area contributed by atoms with Crippen LogP contribution in [0.25, 0.3) is 0 Å². The topological polar surface area (TPSA) is 9.72 Å². The van der Waals surface area contributed by atoms with Gasteiger partial charge in [-0.15, -0.1) is 12.4 Å². The van der Waals surface area contributed by atoms with E-state index in [0.29, 0.717) is 0 Å². The largest absolute Gasteiger partial charge is 0.369 e. The van der Waals surface area contributed by atoms with Crippen LogP contribution in [-0.4, -0.2) is 62.2 Å². The Bertz CT molecular complexity index is 858. The van der Waals surface area contributed by atoms with Gasteiger partial charge in [-0.2, -0.15) is 0 Å². The quantitative estimate of drug-likeness (QED) is 0.251. The number of rotatable bonds is 11. The molecule has 2 aromatic carbocycles. The molecule has 0 unspecified atom stereocenters. The Morgan fingerprint density at radius 3 is 1.59 bits per heavy atom. The molecule has 0 spiro atoms. The van der Waals surface area contributed by atoms with Crippen molar-refractivity contribution in [3.05, 3.63) is 40.4 Å². The molecule has 0 fully saturated rings. The minimum Gasteiger partial charge on any atom is -0.369 e. The predicted octanol–water partition coefficient (Wildman–Crippen LogP) is 7.52. The van der Waals surface area contributed by atoms with Crippen LogP contribution in [0.5, 0.6) is 0 Å². The molecule has 32 heavy (non-hydrogen) atoms. The van der Waals surface area contributed by atoms with Gasteiger partial charge in [0.2, 0.25) is 0 Å². The lowest BCUT2D eigenvalue weighted by atomic mass is 10.2. The summed E-state index contributed by atoms with van der Waals surface area (Å²) in [6.07, 6.45) is 0. The highest BCUT2D eigenvalue weighted by molar-refractivity contribution is 8.05. The zero-order valence-electron chi connectivity index (χ0n) is 19.4. The first kappa shape index (κ1) is 28.0. The molecule has 0 N–H and O–H groups in total. The SMILES string of the molecule is CCN(CC)CCN(CCN(CC)CC)c1ccc2c(c1)Sc1c(Cl)ccc(Cl)c1S2.Cl. The maximum atomic E-state index is 6.50. The van der Waals surface area contributed by atoms with Crippen LogP contribution in [0, 0.1) is 0 Å². The minimum absolute atomic E-state index is 0. The van der Waals surface area contributed by atoms with Crippen LogP contribution in [0.4, 0.5) is 5.69 Å². The monoisotopic (exact) mass is 533 g/mol. The van der Waals surface area contributed by atoms with Crippen molar-refractivity contribution in [2.75, 3.05) is 57.3 Å². The van der Waals surface area contributed by atoms with Crippen molar-refractivity contribution < 1.29 is 0 Å². The molecule has 178 valence electrons. The summed E-state index contributed by atoms with van der Waals surface area (Å²) in [5.41, 5.74) is 1.28. The lowest BCUT2D eigenvalue weighted by Crippen LogP contribution is -2.40. The number of halogens is 3. The Labute approximate surface area is 218 Å². The number of benzene rings is 2. The van der Waals surface area contributed by atoms with Crippen molar-refractivity contribution in [2.45, 2.75) is 47.3 Å². The molecular formula is C24H34Cl3N3S2. The molecule has 0 bridgehead atoms. The molecule has 3 rings (SSSR count). The van der Waals surface area contributed by atoms with Crippen molar-refractivity contribution in [1.29, 1.82) is 0 Å². The summed E-state index contributed by atoms with van der Waals surface area (Å²) in [5.74, 6) is 0. The second-order valence-corrected chi connectivity index (χ2v) is 10.5. The molecule has 0 saturated carbocycles. The van der Waals surface area contributed by atoms with Gasteiger partial charge in [0.05, 0.1) is 10.0 Å². The Morgan fingerprint density at radius 1 is 0.656 bits per heavy atom. The number of fused-ring (bicyclic) bond motifs is 2. The number of hydrogen-bond acceptors (Lipinski definition) is 5. The maximum Gasteiger partial charge on any atom is 0.0558 e. The van der Waals surface area contributed by atoms with E-state index in [-0.39, 0.29) is 12.4 Å². The lowest BCUT2D eigenvalue weighted by molar-refractivity contribution is 0.294. The molecular weight excluding hydrogens is 501 g/mol. The maximum absolute atomic E-state index is 6.50. The Kier molecular flexibility index (Phi) is 11.9. The fourth-order valence-electron chi connectivity index (χ4n) is 3.76. The van der Waals surface area contributed by atoms with Gasteiger partial charge in [-0.25, -0.2) is 0 Å². The number of hydrogen-bond donors (Lipinski definition) is 0. The van der Waals surface area contributed by atoms with Crippen molar-refractivity contribution in [3.8, 4) is 0 Å². The van der Waals surface area contributed by atoms with E-state index in [1.165, 1.54) is 15.5 Å². The van der Waals surface area contributed by atoms with Crippen LogP contribution in [0.15, 0.2) is 49.9 Å². The lowest BCUT2D eigenvalue weighted by Gasteiger charge is -2.31. The fourth-order valence-corrected chi connectivity index (χ4v) is 6.73. The van der Waals surface area contributed by atoms with Gasteiger partial charge in [0.1, 0.15) is 0 Å². The first-order valence-corrected chi connectivity index (χ1v) is 13.6. The van der Waals surface area contributed by atoms with Crippen molar-refractivity contribution >= 4 is 64.8 Å². The van der Waals surface area contributed by atoms with Gasteiger partial charge in [-0.3, -0.25) is 0 Å². The highest BCUT2D eigenvalue weighted by Gasteiger charge is 2.23. The zero-order valence-corrected chi connectivity index (χ0v) is 23.3. The normalized spacial score (nSPS) is 12.5. The molecule has 3 nitrogen and oxygen atoms in total. The summed E-state index contributed by atoms with van der Waals surface area (Å²) in [7, 11) is 0. The highest BCUT2D eigenvalue weighted by atomic mass is 35.5. The van der Waals surface area contributed by atoms with Gasteiger partial charge in [0.25, 0.3) is 0 Å². The first-order valence-electron chi connectivity index (χ1n) is 11.2. The number of nitrogens with zero attached hydrogens (tertiary/aromatic N) is 3. The van der Waals surface area contributed by atoms with Crippen LogP contribution in [0.1, 0.15) is 27.7 Å². The number of anilines is 1. The minimum atomic E-state index is 0. The van der Waals surface area contributed by atoms with E-state index in [2.05, 4.69) is 60.6 Å². The number of likely N-dealkylation sites (N-methyl/N-ethyl adjacent to an activating group) is 2. The molecule has 1 heterocycles. The van der Waals surface area contributed by atoms with E-state index in [1.807, 2.05) is 12.1 Å². The third-order valence-electron chi connectivity index (χ3n) is 5.89. The van der Waals surface area contributed by atoms with Crippen LogP contribution >= 0.6 is 59.1 Å². The standard InChI is InChI=1S/C24H33Cl2N3S2.ClH/c1-5-27(6-2)13-15-29(16-14-28(7-3)8-4)18-9-12-21-22(17-18)31-24-20(26)11-10-19(25)23(24)30-21;/h9-12,17H,5-8,13-16H2,1-4H3;1H. The molecule has 0 amide bonds. The van der Waals surface area contributed by atoms with E-state index in [4.69, 9.17) is 23.2 Å². The van der Waals surface area contributed by atoms with Crippen LogP contribution in [0.2, 0.25) is 10.0 Å².